The molecule has 3 aromatic rings. The van der Waals surface area contributed by atoms with Gasteiger partial charge in [-0.05, 0) is 48.6 Å². The highest BCUT2D eigenvalue weighted by Crippen LogP contribution is 2.31. The summed E-state index contributed by atoms with van der Waals surface area (Å²) < 4.78 is 1.13. The largest absolute Gasteiger partial charge is 0.321 e. The van der Waals surface area contributed by atoms with Gasteiger partial charge in [-0.3, -0.25) is 4.79 Å². The summed E-state index contributed by atoms with van der Waals surface area (Å²) in [5, 5.41) is 4.74. The Labute approximate surface area is 132 Å². The number of thiophene rings is 1. The molecule has 0 bridgehead atoms. The third kappa shape index (κ3) is 2.55. The Morgan fingerprint density at radius 1 is 1.05 bits per heavy atom. The van der Waals surface area contributed by atoms with Gasteiger partial charge < -0.3 is 5.32 Å². The van der Waals surface area contributed by atoms with E-state index < -0.39 is 0 Å². The second-order valence-corrected chi connectivity index (χ2v) is 6.38. The summed E-state index contributed by atoms with van der Waals surface area (Å²) in [4.78, 5) is 13.3. The first-order chi connectivity index (χ1) is 10.1. The first-order valence-electron chi connectivity index (χ1n) is 6.62. The van der Waals surface area contributed by atoms with Gasteiger partial charge in [0.05, 0.1) is 4.88 Å². The van der Waals surface area contributed by atoms with Crippen LogP contribution in [-0.2, 0) is 0 Å². The fraction of sp³-hybridized carbons (Fsp3) is 0.118. The Morgan fingerprint density at radius 3 is 2.57 bits per heavy atom. The quantitative estimate of drug-likeness (QED) is 0.671. The van der Waals surface area contributed by atoms with Gasteiger partial charge in [-0.1, -0.05) is 35.9 Å². The van der Waals surface area contributed by atoms with Gasteiger partial charge in [-0.2, -0.15) is 0 Å². The van der Waals surface area contributed by atoms with E-state index in [1.54, 1.807) is 0 Å². The van der Waals surface area contributed by atoms with E-state index in [1.807, 2.05) is 56.3 Å². The first kappa shape index (κ1) is 14.1. The Morgan fingerprint density at radius 2 is 1.81 bits per heavy atom. The molecular weight excluding hydrogens is 302 g/mol. The number of hydrogen-bond donors (Lipinski definition) is 1. The second-order valence-electron chi connectivity index (χ2n) is 4.92. The third-order valence-corrected chi connectivity index (χ3v) is 5.25. The number of halogens is 1. The van der Waals surface area contributed by atoms with Crippen LogP contribution in [0.3, 0.4) is 0 Å². The highest BCUT2D eigenvalue weighted by molar-refractivity contribution is 7.21. The number of aryl methyl sites for hydroxylation is 1. The average molecular weight is 316 g/mol. The highest BCUT2D eigenvalue weighted by atomic mass is 35.5. The number of hydrogen-bond acceptors (Lipinski definition) is 2. The van der Waals surface area contributed by atoms with Crippen molar-refractivity contribution in [1.29, 1.82) is 0 Å². The Hall–Kier alpha value is -1.84. The lowest BCUT2D eigenvalue weighted by Crippen LogP contribution is -2.12. The molecule has 0 aliphatic rings. The van der Waals surface area contributed by atoms with Crippen LogP contribution < -0.4 is 5.32 Å². The van der Waals surface area contributed by atoms with Crippen molar-refractivity contribution >= 4 is 44.6 Å². The van der Waals surface area contributed by atoms with E-state index in [4.69, 9.17) is 11.6 Å². The van der Waals surface area contributed by atoms with Crippen LogP contribution >= 0.6 is 22.9 Å². The van der Waals surface area contributed by atoms with Gasteiger partial charge in [0.1, 0.15) is 0 Å². The number of anilines is 1. The van der Waals surface area contributed by atoms with E-state index in [-0.39, 0.29) is 5.91 Å². The minimum absolute atomic E-state index is 0.0842. The van der Waals surface area contributed by atoms with Crippen LogP contribution in [0.25, 0.3) is 10.1 Å². The van der Waals surface area contributed by atoms with Crippen molar-refractivity contribution in [3.8, 4) is 0 Å². The molecule has 0 aliphatic heterocycles. The van der Waals surface area contributed by atoms with Crippen molar-refractivity contribution in [3.05, 3.63) is 63.5 Å². The number of nitrogens with one attached hydrogen (secondary N) is 1. The van der Waals surface area contributed by atoms with E-state index in [2.05, 4.69) is 5.32 Å². The van der Waals surface area contributed by atoms with Crippen LogP contribution in [-0.4, -0.2) is 5.91 Å². The molecule has 4 heteroatoms. The topological polar surface area (TPSA) is 29.1 Å². The Bertz CT molecular complexity index is 838. The molecular formula is C17H14ClNOS. The van der Waals surface area contributed by atoms with Crippen LogP contribution in [0.1, 0.15) is 20.8 Å². The Balaban J connectivity index is 1.97. The third-order valence-electron chi connectivity index (χ3n) is 3.57. The lowest BCUT2D eigenvalue weighted by atomic mass is 10.1. The smallest absolute Gasteiger partial charge is 0.266 e. The maximum atomic E-state index is 12.5. The van der Waals surface area contributed by atoms with Crippen LogP contribution in [0.5, 0.6) is 0 Å². The molecule has 3 rings (SSSR count). The monoisotopic (exact) mass is 315 g/mol. The van der Waals surface area contributed by atoms with E-state index in [0.717, 1.165) is 31.8 Å². The van der Waals surface area contributed by atoms with Crippen molar-refractivity contribution in [2.75, 3.05) is 5.32 Å². The molecule has 1 aromatic heterocycles. The number of benzene rings is 2. The van der Waals surface area contributed by atoms with Gasteiger partial charge in [0, 0.05) is 15.4 Å². The molecule has 0 radical (unpaired) electrons. The van der Waals surface area contributed by atoms with Crippen molar-refractivity contribution in [3.63, 3.8) is 0 Å². The zero-order valence-corrected chi connectivity index (χ0v) is 13.3. The summed E-state index contributed by atoms with van der Waals surface area (Å²) in [6.07, 6.45) is 0. The van der Waals surface area contributed by atoms with Crippen LogP contribution in [0.4, 0.5) is 5.69 Å². The molecule has 2 aromatic carbocycles. The van der Waals surface area contributed by atoms with E-state index in [9.17, 15) is 4.79 Å². The van der Waals surface area contributed by atoms with Crippen molar-refractivity contribution in [1.82, 2.24) is 0 Å². The molecule has 0 spiro atoms. The van der Waals surface area contributed by atoms with Gasteiger partial charge >= 0.3 is 0 Å². The predicted octanol–water partition coefficient (Wildman–Crippen LogP) is 5.42. The predicted molar refractivity (Wildman–Crippen MR) is 90.7 cm³/mol. The van der Waals surface area contributed by atoms with E-state index in [0.29, 0.717) is 5.02 Å². The molecule has 0 saturated carbocycles. The molecule has 106 valence electrons. The van der Waals surface area contributed by atoms with Gasteiger partial charge in [0.25, 0.3) is 5.91 Å². The zero-order chi connectivity index (χ0) is 15.0. The molecule has 2 nitrogen and oxygen atoms in total. The lowest BCUT2D eigenvalue weighted by molar-refractivity contribution is 0.103. The molecule has 1 heterocycles. The zero-order valence-electron chi connectivity index (χ0n) is 11.7. The summed E-state index contributed by atoms with van der Waals surface area (Å²) >= 11 is 7.61. The summed E-state index contributed by atoms with van der Waals surface area (Å²) in [5.41, 5.74) is 2.66. The van der Waals surface area contributed by atoms with Crippen LogP contribution in [0.2, 0.25) is 5.02 Å². The van der Waals surface area contributed by atoms with Gasteiger partial charge in [-0.25, -0.2) is 0 Å². The highest BCUT2D eigenvalue weighted by Gasteiger charge is 2.16. The summed E-state index contributed by atoms with van der Waals surface area (Å²) in [5.74, 6) is -0.0842. The minimum atomic E-state index is -0.0842. The number of carbonyl (C=O) groups is 1. The molecule has 0 unspecified atom stereocenters. The standard InChI is InChI=1S/C17H14ClNOS/c1-10-12-6-3-4-9-15(12)21-16(10)17(20)19-14-8-5-7-13(18)11(14)2/h3-9H,1-2H3,(H,19,20). The van der Waals surface area contributed by atoms with Crippen molar-refractivity contribution < 1.29 is 4.79 Å². The normalized spacial score (nSPS) is 10.8. The number of amides is 1. The molecule has 1 amide bonds. The lowest BCUT2D eigenvalue weighted by Gasteiger charge is -2.09. The average Bonchev–Trinajstić information content (AvgIpc) is 2.82. The minimum Gasteiger partial charge on any atom is -0.321 e. The number of fused-ring (bicyclic) bond motifs is 1. The van der Waals surface area contributed by atoms with E-state index >= 15 is 0 Å². The SMILES string of the molecule is Cc1c(Cl)cccc1NC(=O)c1sc2ccccc2c1C. The number of rotatable bonds is 2. The van der Waals surface area contributed by atoms with Crippen molar-refractivity contribution in [2.24, 2.45) is 0 Å². The summed E-state index contributed by atoms with van der Waals surface area (Å²) in [6.45, 7) is 3.88. The first-order valence-corrected chi connectivity index (χ1v) is 7.82. The number of carbonyl (C=O) groups excluding carboxylic acids is 1. The molecule has 0 atom stereocenters. The Kier molecular flexibility index (Phi) is 3.70. The molecule has 0 aliphatic carbocycles. The second kappa shape index (κ2) is 5.51. The van der Waals surface area contributed by atoms with Crippen molar-refractivity contribution in [2.45, 2.75) is 13.8 Å². The van der Waals surface area contributed by atoms with Gasteiger partial charge in [0.15, 0.2) is 0 Å². The van der Waals surface area contributed by atoms with Crippen LogP contribution in [0.15, 0.2) is 42.5 Å². The van der Waals surface area contributed by atoms with Crippen LogP contribution in [0, 0.1) is 13.8 Å². The molecule has 1 N–H and O–H groups in total. The maximum Gasteiger partial charge on any atom is 0.266 e. The fourth-order valence-electron chi connectivity index (χ4n) is 2.31. The molecule has 0 saturated heterocycles. The molecule has 0 fully saturated rings. The maximum absolute atomic E-state index is 12.5. The fourth-order valence-corrected chi connectivity index (χ4v) is 3.59. The van der Waals surface area contributed by atoms with Gasteiger partial charge in [-0.15, -0.1) is 11.3 Å². The van der Waals surface area contributed by atoms with Gasteiger partial charge in [0.2, 0.25) is 0 Å². The van der Waals surface area contributed by atoms with E-state index in [1.165, 1.54) is 11.3 Å². The molecule has 21 heavy (non-hydrogen) atoms. The summed E-state index contributed by atoms with van der Waals surface area (Å²) in [6, 6.07) is 13.6. The summed E-state index contributed by atoms with van der Waals surface area (Å²) in [7, 11) is 0.